The van der Waals surface area contributed by atoms with Crippen LogP contribution in [0.3, 0.4) is 0 Å². The van der Waals surface area contributed by atoms with Gasteiger partial charge in [-0.1, -0.05) is 6.42 Å². The molecule has 1 saturated heterocycles. The Morgan fingerprint density at radius 3 is 2.61 bits per heavy atom. The molecular formula is C19H27BrN6O4S. The van der Waals surface area contributed by atoms with Crippen LogP contribution in [0.2, 0.25) is 0 Å². The van der Waals surface area contributed by atoms with Gasteiger partial charge in [-0.25, -0.2) is 13.4 Å². The number of rotatable bonds is 6. The summed E-state index contributed by atoms with van der Waals surface area (Å²) in [5.41, 5.74) is 0. The second-order valence-electron chi connectivity index (χ2n) is 8.03. The van der Waals surface area contributed by atoms with Crippen LogP contribution in [0, 0.1) is 0 Å². The van der Waals surface area contributed by atoms with Crippen LogP contribution in [0.5, 0.6) is 5.88 Å². The average molecular weight is 515 g/mol. The van der Waals surface area contributed by atoms with E-state index in [0.29, 0.717) is 42.2 Å². The maximum atomic E-state index is 12.7. The number of aliphatic hydroxyl groups is 1. The summed E-state index contributed by atoms with van der Waals surface area (Å²) in [6, 6.07) is 0.0506. The standard InChI is InChI=1S/C19H27BrN6O4S/c1-25-12-14(10-22-25)31(28,29)26-8-6-13(7-9-26)23-19-21-11-15(20)18(24-19)30-17-5-3-2-4-16(17)27/h10-13,16-17,27H,2-9H2,1H3,(H,21,23,24)/t16-,17+/m0/s1. The minimum Gasteiger partial charge on any atom is -0.471 e. The quantitative estimate of drug-likeness (QED) is 0.599. The molecule has 4 rings (SSSR count). The van der Waals surface area contributed by atoms with Gasteiger partial charge in [-0.15, -0.1) is 0 Å². The fourth-order valence-electron chi connectivity index (χ4n) is 3.97. The van der Waals surface area contributed by atoms with Crippen molar-refractivity contribution >= 4 is 31.9 Å². The third-order valence-corrected chi connectivity index (χ3v) is 8.14. The Labute approximate surface area is 190 Å². The largest absolute Gasteiger partial charge is 0.471 e. The number of aromatic nitrogens is 4. The Bertz CT molecular complexity index is 1010. The van der Waals surface area contributed by atoms with Crippen molar-refractivity contribution in [1.82, 2.24) is 24.1 Å². The molecule has 1 saturated carbocycles. The highest BCUT2D eigenvalue weighted by atomic mass is 79.9. The molecule has 2 aromatic rings. The molecule has 0 aromatic carbocycles. The monoisotopic (exact) mass is 514 g/mol. The molecule has 2 aromatic heterocycles. The summed E-state index contributed by atoms with van der Waals surface area (Å²) in [6.45, 7) is 0.812. The normalized spacial score (nSPS) is 23.6. The van der Waals surface area contributed by atoms with E-state index in [9.17, 15) is 13.5 Å². The zero-order valence-electron chi connectivity index (χ0n) is 17.3. The summed E-state index contributed by atoms with van der Waals surface area (Å²) in [5, 5.41) is 17.4. The zero-order valence-corrected chi connectivity index (χ0v) is 19.7. The summed E-state index contributed by atoms with van der Waals surface area (Å²) in [6.07, 6.45) is 8.59. The molecule has 0 spiro atoms. The number of hydrogen-bond donors (Lipinski definition) is 2. The maximum Gasteiger partial charge on any atom is 0.246 e. The number of halogens is 1. The molecule has 170 valence electrons. The van der Waals surface area contributed by atoms with Gasteiger partial charge >= 0.3 is 0 Å². The first-order chi connectivity index (χ1) is 14.8. The van der Waals surface area contributed by atoms with Gasteiger partial charge in [0.2, 0.25) is 21.9 Å². The summed E-state index contributed by atoms with van der Waals surface area (Å²) in [4.78, 5) is 8.99. The Morgan fingerprint density at radius 1 is 1.19 bits per heavy atom. The lowest BCUT2D eigenvalue weighted by Crippen LogP contribution is -2.42. The number of aliphatic hydroxyl groups excluding tert-OH is 1. The molecule has 2 atom stereocenters. The fourth-order valence-corrected chi connectivity index (χ4v) is 5.71. The summed E-state index contributed by atoms with van der Waals surface area (Å²) >= 11 is 3.42. The lowest BCUT2D eigenvalue weighted by molar-refractivity contribution is 0.00408. The first-order valence-electron chi connectivity index (χ1n) is 10.5. The van der Waals surface area contributed by atoms with Gasteiger partial charge in [-0.2, -0.15) is 14.4 Å². The second kappa shape index (κ2) is 9.39. The van der Waals surface area contributed by atoms with E-state index in [4.69, 9.17) is 4.74 Å². The molecule has 0 bridgehead atoms. The second-order valence-corrected chi connectivity index (χ2v) is 10.8. The van der Waals surface area contributed by atoms with Gasteiger partial charge in [0.15, 0.2) is 0 Å². The fraction of sp³-hybridized carbons (Fsp3) is 0.632. The van der Waals surface area contributed by atoms with E-state index in [0.717, 1.165) is 25.7 Å². The van der Waals surface area contributed by atoms with Crippen molar-refractivity contribution in [2.45, 2.75) is 61.7 Å². The van der Waals surface area contributed by atoms with Crippen LogP contribution >= 0.6 is 15.9 Å². The van der Waals surface area contributed by atoms with Crippen molar-refractivity contribution in [2.24, 2.45) is 7.05 Å². The Balaban J connectivity index is 1.36. The van der Waals surface area contributed by atoms with Crippen LogP contribution in [-0.2, 0) is 17.1 Å². The highest BCUT2D eigenvalue weighted by molar-refractivity contribution is 9.10. The van der Waals surface area contributed by atoms with Crippen LogP contribution in [0.1, 0.15) is 38.5 Å². The molecule has 2 aliphatic rings. The third kappa shape index (κ3) is 5.18. The Hall–Kier alpha value is -1.76. The maximum absolute atomic E-state index is 12.7. The van der Waals surface area contributed by atoms with Crippen molar-refractivity contribution in [2.75, 3.05) is 18.4 Å². The van der Waals surface area contributed by atoms with Crippen LogP contribution in [0.25, 0.3) is 0 Å². The third-order valence-electron chi connectivity index (χ3n) is 5.75. The highest BCUT2D eigenvalue weighted by Crippen LogP contribution is 2.29. The molecule has 1 aliphatic heterocycles. The van der Waals surface area contributed by atoms with Crippen LogP contribution < -0.4 is 10.1 Å². The van der Waals surface area contributed by atoms with E-state index >= 15 is 0 Å². The van der Waals surface area contributed by atoms with E-state index in [1.54, 1.807) is 13.2 Å². The molecule has 0 unspecified atom stereocenters. The topological polar surface area (TPSA) is 122 Å². The van der Waals surface area contributed by atoms with Gasteiger partial charge in [0, 0.05) is 32.4 Å². The number of aryl methyl sites for hydroxylation is 1. The number of sulfonamides is 1. The van der Waals surface area contributed by atoms with Crippen molar-refractivity contribution < 1.29 is 18.3 Å². The average Bonchev–Trinajstić information content (AvgIpc) is 3.20. The molecule has 10 nitrogen and oxygen atoms in total. The van der Waals surface area contributed by atoms with Crippen molar-refractivity contribution in [1.29, 1.82) is 0 Å². The molecule has 3 heterocycles. The molecule has 0 radical (unpaired) electrons. The number of anilines is 1. The smallest absolute Gasteiger partial charge is 0.246 e. The predicted octanol–water partition coefficient (Wildman–Crippen LogP) is 1.92. The Morgan fingerprint density at radius 2 is 1.94 bits per heavy atom. The van der Waals surface area contributed by atoms with Gasteiger partial charge in [0.05, 0.1) is 23.0 Å². The van der Waals surface area contributed by atoms with Crippen LogP contribution in [0.15, 0.2) is 28.0 Å². The first kappa shape index (κ1) is 22.4. The van der Waals surface area contributed by atoms with E-state index in [-0.39, 0.29) is 17.0 Å². The molecule has 2 fully saturated rings. The summed E-state index contributed by atoms with van der Waals surface area (Å²) in [7, 11) is -1.84. The Kier molecular flexibility index (Phi) is 6.80. The SMILES string of the molecule is Cn1cc(S(=O)(=O)N2CCC(Nc3ncc(Br)c(O[C@@H]4CCCC[C@@H]4O)n3)CC2)cn1. The minimum absolute atomic E-state index is 0.0506. The molecule has 12 heteroatoms. The molecule has 0 amide bonds. The first-order valence-corrected chi connectivity index (χ1v) is 12.7. The number of hydrogen-bond acceptors (Lipinski definition) is 8. The van der Waals surface area contributed by atoms with Crippen molar-refractivity contribution in [3.05, 3.63) is 23.1 Å². The highest BCUT2D eigenvalue weighted by Gasteiger charge is 2.31. The molecular weight excluding hydrogens is 488 g/mol. The summed E-state index contributed by atoms with van der Waals surface area (Å²) in [5.74, 6) is 0.831. The van der Waals surface area contributed by atoms with E-state index < -0.39 is 16.1 Å². The lowest BCUT2D eigenvalue weighted by Gasteiger charge is -2.31. The number of nitrogens with one attached hydrogen (secondary N) is 1. The lowest BCUT2D eigenvalue weighted by atomic mass is 9.95. The number of piperidine rings is 1. The van der Waals surface area contributed by atoms with E-state index in [1.807, 2.05) is 0 Å². The van der Waals surface area contributed by atoms with Crippen molar-refractivity contribution in [3.63, 3.8) is 0 Å². The summed E-state index contributed by atoms with van der Waals surface area (Å²) < 4.78 is 35.1. The van der Waals surface area contributed by atoms with Crippen LogP contribution in [0.4, 0.5) is 5.95 Å². The zero-order chi connectivity index (χ0) is 22.0. The van der Waals surface area contributed by atoms with Crippen molar-refractivity contribution in [3.8, 4) is 5.88 Å². The number of ether oxygens (including phenoxy) is 1. The molecule has 1 aliphatic carbocycles. The van der Waals surface area contributed by atoms with E-state index in [2.05, 4.69) is 36.3 Å². The van der Waals surface area contributed by atoms with Crippen LogP contribution in [-0.4, -0.2) is 68.9 Å². The van der Waals surface area contributed by atoms with Gasteiger partial charge in [-0.05, 0) is 48.0 Å². The van der Waals surface area contributed by atoms with Gasteiger partial charge < -0.3 is 15.2 Å². The molecule has 2 N–H and O–H groups in total. The predicted molar refractivity (Wildman–Crippen MR) is 117 cm³/mol. The molecule has 31 heavy (non-hydrogen) atoms. The van der Waals surface area contributed by atoms with Gasteiger partial charge in [0.25, 0.3) is 0 Å². The number of nitrogens with zero attached hydrogens (tertiary/aromatic N) is 5. The van der Waals surface area contributed by atoms with Gasteiger partial charge in [0.1, 0.15) is 11.0 Å². The minimum atomic E-state index is -3.53. The van der Waals surface area contributed by atoms with Gasteiger partial charge in [-0.3, -0.25) is 4.68 Å². The van der Waals surface area contributed by atoms with E-state index in [1.165, 1.54) is 21.4 Å².